The molecule has 0 aliphatic heterocycles. The molecule has 10 heteroatoms. The van der Waals surface area contributed by atoms with Crippen molar-refractivity contribution in [3.05, 3.63) is 65.1 Å². The average Bonchev–Trinajstić information content (AvgIpc) is 3.64. The van der Waals surface area contributed by atoms with Crippen molar-refractivity contribution in [3.8, 4) is 23.0 Å². The second-order valence-electron chi connectivity index (χ2n) is 7.53. The summed E-state index contributed by atoms with van der Waals surface area (Å²) in [5, 5.41) is 9.56. The Hall–Kier alpha value is -3.50. The lowest BCUT2D eigenvalue weighted by molar-refractivity contribution is 0.0944. The molecule has 36 heavy (non-hydrogen) atoms. The number of benzene rings is 2. The molecule has 0 atom stereocenters. The van der Waals surface area contributed by atoms with E-state index in [0.29, 0.717) is 29.6 Å². The van der Waals surface area contributed by atoms with Gasteiger partial charge in [-0.3, -0.25) is 4.79 Å². The summed E-state index contributed by atoms with van der Waals surface area (Å²) in [7, 11) is 2.56. The second-order valence-corrected chi connectivity index (χ2v) is 7.53. The summed E-state index contributed by atoms with van der Waals surface area (Å²) >= 11 is 0. The van der Waals surface area contributed by atoms with Gasteiger partial charge >= 0.3 is 0 Å². The standard InChI is InChI=1S/C23H23F2N3O4.C2H6.CH4O/c1-30-18-7-5-14(8-19(18)31-12-13-2-3-13)23-28-21(20(10-26)32-23)22(29)27-11-15-4-6-16(24)9-17(15)25;2*1-2/h4-9,13H,2-3,10-12,26H2,1H3,(H,27,29);1-2H3;2H,1H3. The predicted octanol–water partition coefficient (Wildman–Crippen LogP) is 4.44. The van der Waals surface area contributed by atoms with E-state index in [1.807, 2.05) is 13.8 Å². The summed E-state index contributed by atoms with van der Waals surface area (Å²) in [5.74, 6) is 0.0710. The first-order valence-corrected chi connectivity index (χ1v) is 11.7. The Bertz CT molecular complexity index is 1130. The van der Waals surface area contributed by atoms with Crippen molar-refractivity contribution in [1.29, 1.82) is 0 Å². The van der Waals surface area contributed by atoms with Gasteiger partial charge in [0.15, 0.2) is 23.0 Å². The van der Waals surface area contributed by atoms with E-state index in [2.05, 4.69) is 10.3 Å². The van der Waals surface area contributed by atoms with Gasteiger partial charge in [0, 0.05) is 30.8 Å². The highest BCUT2D eigenvalue weighted by atomic mass is 19.1. The Labute approximate surface area is 209 Å². The number of halogens is 2. The highest BCUT2D eigenvalue weighted by molar-refractivity contribution is 5.93. The van der Waals surface area contributed by atoms with Gasteiger partial charge in [-0.05, 0) is 43.0 Å². The first-order chi connectivity index (χ1) is 17.5. The van der Waals surface area contributed by atoms with E-state index in [9.17, 15) is 13.6 Å². The summed E-state index contributed by atoms with van der Waals surface area (Å²) in [6.07, 6.45) is 2.31. The number of rotatable bonds is 9. The van der Waals surface area contributed by atoms with E-state index in [4.69, 9.17) is 24.7 Å². The molecule has 1 heterocycles. The number of nitrogens with two attached hydrogens (primary N) is 1. The van der Waals surface area contributed by atoms with Crippen molar-refractivity contribution in [2.75, 3.05) is 20.8 Å². The number of ether oxygens (including phenoxy) is 2. The van der Waals surface area contributed by atoms with Gasteiger partial charge < -0.3 is 30.0 Å². The van der Waals surface area contributed by atoms with Crippen LogP contribution in [0.15, 0.2) is 40.8 Å². The van der Waals surface area contributed by atoms with E-state index >= 15 is 0 Å². The van der Waals surface area contributed by atoms with E-state index in [1.54, 1.807) is 25.3 Å². The number of oxazole rings is 1. The Morgan fingerprint density at radius 3 is 2.50 bits per heavy atom. The van der Waals surface area contributed by atoms with Crippen LogP contribution in [-0.4, -0.2) is 36.8 Å². The zero-order chi connectivity index (χ0) is 26.7. The monoisotopic (exact) mass is 505 g/mol. The second kappa shape index (κ2) is 14.2. The number of carbonyl (C=O) groups excluding carboxylic acids is 1. The maximum Gasteiger partial charge on any atom is 0.273 e. The smallest absolute Gasteiger partial charge is 0.273 e. The molecule has 4 N–H and O–H groups in total. The number of nitrogens with one attached hydrogen (secondary N) is 1. The number of aromatic nitrogens is 1. The molecule has 0 radical (unpaired) electrons. The minimum atomic E-state index is -0.748. The van der Waals surface area contributed by atoms with Crippen LogP contribution in [0.3, 0.4) is 0 Å². The van der Waals surface area contributed by atoms with Gasteiger partial charge in [0.05, 0.1) is 20.3 Å². The van der Waals surface area contributed by atoms with Crippen LogP contribution < -0.4 is 20.5 Å². The summed E-state index contributed by atoms with van der Waals surface area (Å²) in [5.41, 5.74) is 6.47. The third-order valence-corrected chi connectivity index (χ3v) is 5.13. The summed E-state index contributed by atoms with van der Waals surface area (Å²) in [4.78, 5) is 16.9. The maximum atomic E-state index is 13.8. The lowest BCUT2D eigenvalue weighted by Crippen LogP contribution is -2.25. The van der Waals surface area contributed by atoms with Crippen LogP contribution in [0, 0.1) is 17.6 Å². The van der Waals surface area contributed by atoms with E-state index in [1.165, 1.54) is 6.07 Å². The minimum Gasteiger partial charge on any atom is -0.493 e. The van der Waals surface area contributed by atoms with Gasteiger partial charge in [-0.15, -0.1) is 0 Å². The fraction of sp³-hybridized carbons (Fsp3) is 0.385. The Kier molecular flexibility index (Phi) is 11.3. The largest absolute Gasteiger partial charge is 0.493 e. The first-order valence-electron chi connectivity index (χ1n) is 11.7. The predicted molar refractivity (Wildman–Crippen MR) is 132 cm³/mol. The van der Waals surface area contributed by atoms with Gasteiger partial charge in [-0.2, -0.15) is 0 Å². The third kappa shape index (κ3) is 7.50. The van der Waals surface area contributed by atoms with Crippen molar-refractivity contribution in [3.63, 3.8) is 0 Å². The molecular formula is C26H33F2N3O5. The van der Waals surface area contributed by atoms with Crippen LogP contribution in [0.1, 0.15) is 48.5 Å². The van der Waals surface area contributed by atoms with E-state index in [0.717, 1.165) is 32.1 Å². The molecule has 0 spiro atoms. The number of aliphatic hydroxyl groups is 1. The SMILES string of the molecule is CC.CO.COc1ccc(-c2nc(C(=O)NCc3ccc(F)cc3F)c(CN)o2)cc1OCC1CC1. The number of hydrogen-bond donors (Lipinski definition) is 3. The molecule has 0 unspecified atom stereocenters. The van der Waals surface area contributed by atoms with Gasteiger partial charge in [0.25, 0.3) is 5.91 Å². The van der Waals surface area contributed by atoms with Crippen LogP contribution >= 0.6 is 0 Å². The molecule has 1 aromatic heterocycles. The number of hydrogen-bond acceptors (Lipinski definition) is 7. The molecular weight excluding hydrogens is 472 g/mol. The number of carbonyl (C=O) groups is 1. The number of aliphatic hydroxyl groups excluding tert-OH is 1. The number of nitrogens with zero attached hydrogens (tertiary/aromatic N) is 1. The lowest BCUT2D eigenvalue weighted by atomic mass is 10.2. The molecule has 1 fully saturated rings. The highest BCUT2D eigenvalue weighted by Crippen LogP contribution is 2.35. The van der Waals surface area contributed by atoms with E-state index < -0.39 is 17.5 Å². The van der Waals surface area contributed by atoms with Crippen LogP contribution in [-0.2, 0) is 13.1 Å². The third-order valence-electron chi connectivity index (χ3n) is 5.13. The summed E-state index contributed by atoms with van der Waals surface area (Å²) in [6.45, 7) is 4.41. The van der Waals surface area contributed by atoms with Crippen molar-refractivity contribution >= 4 is 5.91 Å². The molecule has 1 saturated carbocycles. The number of methoxy groups -OCH3 is 1. The molecule has 0 bridgehead atoms. The normalized spacial score (nSPS) is 12.0. The van der Waals surface area contributed by atoms with Crippen LogP contribution in [0.2, 0.25) is 0 Å². The van der Waals surface area contributed by atoms with Crippen LogP contribution in [0.5, 0.6) is 11.5 Å². The van der Waals surface area contributed by atoms with Crippen molar-refractivity contribution in [2.45, 2.75) is 39.8 Å². The zero-order valence-electron chi connectivity index (χ0n) is 20.9. The fourth-order valence-electron chi connectivity index (χ4n) is 3.13. The van der Waals surface area contributed by atoms with Crippen molar-refractivity contribution in [2.24, 2.45) is 11.7 Å². The first kappa shape index (κ1) is 28.7. The lowest BCUT2D eigenvalue weighted by Gasteiger charge is -2.11. The quantitative estimate of drug-likeness (QED) is 0.393. The molecule has 4 rings (SSSR count). The minimum absolute atomic E-state index is 0.00119. The van der Waals surface area contributed by atoms with Gasteiger partial charge in [-0.1, -0.05) is 19.9 Å². The molecule has 196 valence electrons. The maximum absolute atomic E-state index is 13.8. The topological polar surface area (TPSA) is 120 Å². The van der Waals surface area contributed by atoms with Crippen LogP contribution in [0.4, 0.5) is 8.78 Å². The van der Waals surface area contributed by atoms with E-state index in [-0.39, 0.29) is 36.0 Å². The molecule has 3 aromatic rings. The van der Waals surface area contributed by atoms with Crippen molar-refractivity contribution < 1.29 is 32.6 Å². The Balaban J connectivity index is 0.00000109. The van der Waals surface area contributed by atoms with Crippen molar-refractivity contribution in [1.82, 2.24) is 10.3 Å². The molecule has 1 aliphatic carbocycles. The van der Waals surface area contributed by atoms with Gasteiger partial charge in [0.1, 0.15) is 11.6 Å². The summed E-state index contributed by atoms with van der Waals surface area (Å²) < 4.78 is 43.8. The van der Waals surface area contributed by atoms with Gasteiger partial charge in [0.2, 0.25) is 5.89 Å². The molecule has 1 aliphatic rings. The zero-order valence-corrected chi connectivity index (χ0v) is 20.9. The molecule has 1 amide bonds. The molecule has 8 nitrogen and oxygen atoms in total. The highest BCUT2D eigenvalue weighted by Gasteiger charge is 2.24. The molecule has 0 saturated heterocycles. The fourth-order valence-corrected chi connectivity index (χ4v) is 3.13. The average molecular weight is 506 g/mol. The van der Waals surface area contributed by atoms with Gasteiger partial charge in [-0.25, -0.2) is 13.8 Å². The van der Waals surface area contributed by atoms with Crippen LogP contribution in [0.25, 0.3) is 11.5 Å². The summed E-state index contributed by atoms with van der Waals surface area (Å²) in [6, 6.07) is 8.36. The Morgan fingerprint density at radius 1 is 1.17 bits per heavy atom. The number of amides is 1. The molecule has 2 aromatic carbocycles. The Morgan fingerprint density at radius 2 is 1.89 bits per heavy atom.